The maximum absolute atomic E-state index is 12.3. The maximum Gasteiger partial charge on any atom is 0.256 e. The van der Waals surface area contributed by atoms with E-state index in [1.807, 2.05) is 24.1 Å². The number of carbonyl (C=O) groups excluding carboxylic acids is 1. The largest absolute Gasteiger partial charge is 0.341 e. The Morgan fingerprint density at radius 2 is 2.20 bits per heavy atom. The minimum Gasteiger partial charge on any atom is -0.341 e. The van der Waals surface area contributed by atoms with Crippen LogP contribution >= 0.6 is 11.6 Å². The summed E-state index contributed by atoms with van der Waals surface area (Å²) in [5.74, 6) is 0.562. The van der Waals surface area contributed by atoms with E-state index < -0.39 is 0 Å². The Kier molecular flexibility index (Phi) is 6.10. The average molecular weight is 361 g/mol. The molecule has 1 amide bonds. The van der Waals surface area contributed by atoms with Gasteiger partial charge in [0.2, 0.25) is 0 Å². The van der Waals surface area contributed by atoms with E-state index in [-0.39, 0.29) is 5.91 Å². The highest BCUT2D eigenvalue weighted by Crippen LogP contribution is 2.19. The van der Waals surface area contributed by atoms with Crippen molar-refractivity contribution in [2.45, 2.75) is 19.3 Å². The van der Waals surface area contributed by atoms with Crippen molar-refractivity contribution in [3.8, 4) is 0 Å². The van der Waals surface area contributed by atoms with E-state index in [2.05, 4.69) is 27.2 Å². The normalized spacial score (nSPS) is 18.2. The second kappa shape index (κ2) is 8.50. The van der Waals surface area contributed by atoms with Gasteiger partial charge in [-0.1, -0.05) is 23.7 Å². The van der Waals surface area contributed by atoms with Crippen LogP contribution in [0.15, 0.2) is 36.7 Å². The predicted molar refractivity (Wildman–Crippen MR) is 99.9 cm³/mol. The molecule has 1 fully saturated rings. The molecule has 1 N–H and O–H groups in total. The van der Waals surface area contributed by atoms with Crippen LogP contribution in [-0.2, 0) is 6.42 Å². The summed E-state index contributed by atoms with van der Waals surface area (Å²) < 4.78 is 0. The number of hydrogen-bond donors (Lipinski definition) is 1. The number of amides is 1. The van der Waals surface area contributed by atoms with E-state index in [1.165, 1.54) is 18.4 Å². The molecule has 5 nitrogen and oxygen atoms in total. The molecule has 1 aliphatic heterocycles. The summed E-state index contributed by atoms with van der Waals surface area (Å²) in [6, 6.07) is 8.10. The molecule has 0 aliphatic carbocycles. The van der Waals surface area contributed by atoms with Crippen LogP contribution in [0.3, 0.4) is 0 Å². The highest BCUT2D eigenvalue weighted by Gasteiger charge is 2.23. The molecule has 134 valence electrons. The highest BCUT2D eigenvalue weighted by molar-refractivity contribution is 6.30. The first kappa shape index (κ1) is 18.0. The number of aromatic nitrogens is 2. The van der Waals surface area contributed by atoms with Crippen molar-refractivity contribution >= 4 is 17.5 Å². The van der Waals surface area contributed by atoms with Crippen LogP contribution in [0.2, 0.25) is 5.02 Å². The lowest BCUT2D eigenvalue weighted by Gasteiger charge is -2.34. The molecule has 2 heterocycles. The highest BCUT2D eigenvalue weighted by atomic mass is 35.5. The molecule has 0 bridgehead atoms. The molecule has 25 heavy (non-hydrogen) atoms. The van der Waals surface area contributed by atoms with Gasteiger partial charge in [-0.25, -0.2) is 0 Å². The number of piperidine rings is 1. The lowest BCUT2D eigenvalue weighted by atomic mass is 9.97. The second-order valence-corrected chi connectivity index (χ2v) is 7.29. The van der Waals surface area contributed by atoms with Gasteiger partial charge in [-0.05, 0) is 49.4 Å². The first-order valence-electron chi connectivity index (χ1n) is 8.83. The molecule has 0 spiro atoms. The molecule has 1 aromatic heterocycles. The van der Waals surface area contributed by atoms with Crippen molar-refractivity contribution in [3.63, 3.8) is 0 Å². The van der Waals surface area contributed by atoms with Crippen LogP contribution in [0.4, 0.5) is 0 Å². The summed E-state index contributed by atoms with van der Waals surface area (Å²) in [5.41, 5.74) is 1.94. The van der Waals surface area contributed by atoms with E-state index in [4.69, 9.17) is 11.6 Å². The van der Waals surface area contributed by atoms with Crippen molar-refractivity contribution < 1.29 is 4.79 Å². The fourth-order valence-electron chi connectivity index (χ4n) is 3.50. The topological polar surface area (TPSA) is 52.2 Å². The number of rotatable bonds is 6. The summed E-state index contributed by atoms with van der Waals surface area (Å²) >= 11 is 5.94. The Bertz CT molecular complexity index is 671. The van der Waals surface area contributed by atoms with Gasteiger partial charge in [0.15, 0.2) is 0 Å². The minimum absolute atomic E-state index is 0.0343. The number of nitrogens with one attached hydrogen (secondary N) is 1. The van der Waals surface area contributed by atoms with Crippen molar-refractivity contribution in [1.82, 2.24) is 20.0 Å². The Morgan fingerprint density at radius 3 is 2.92 bits per heavy atom. The van der Waals surface area contributed by atoms with E-state index in [1.54, 1.807) is 12.4 Å². The number of aromatic amines is 1. The lowest BCUT2D eigenvalue weighted by Crippen LogP contribution is -2.42. The van der Waals surface area contributed by atoms with Crippen molar-refractivity contribution in [2.24, 2.45) is 5.92 Å². The van der Waals surface area contributed by atoms with Gasteiger partial charge in [0.1, 0.15) is 0 Å². The zero-order valence-corrected chi connectivity index (χ0v) is 15.4. The smallest absolute Gasteiger partial charge is 0.256 e. The molecule has 3 rings (SSSR count). The first-order chi connectivity index (χ1) is 12.1. The number of halogens is 1. The van der Waals surface area contributed by atoms with Gasteiger partial charge in [-0.15, -0.1) is 0 Å². The van der Waals surface area contributed by atoms with Crippen molar-refractivity contribution in [1.29, 1.82) is 0 Å². The van der Waals surface area contributed by atoms with E-state index in [0.29, 0.717) is 11.5 Å². The summed E-state index contributed by atoms with van der Waals surface area (Å²) in [6.07, 6.45) is 6.64. The van der Waals surface area contributed by atoms with Gasteiger partial charge in [-0.3, -0.25) is 9.89 Å². The molecule has 1 aromatic carbocycles. The lowest BCUT2D eigenvalue weighted by molar-refractivity contribution is 0.0730. The molecule has 0 radical (unpaired) electrons. The third kappa shape index (κ3) is 5.06. The average Bonchev–Trinajstić information content (AvgIpc) is 3.15. The van der Waals surface area contributed by atoms with Crippen LogP contribution < -0.4 is 0 Å². The van der Waals surface area contributed by atoms with Crippen LogP contribution in [-0.4, -0.2) is 59.1 Å². The molecule has 0 saturated carbocycles. The summed E-state index contributed by atoms with van der Waals surface area (Å²) in [7, 11) is 1.88. The summed E-state index contributed by atoms with van der Waals surface area (Å²) in [5, 5.41) is 7.34. The monoisotopic (exact) mass is 360 g/mol. The first-order valence-corrected chi connectivity index (χ1v) is 9.20. The Hall–Kier alpha value is -1.85. The Morgan fingerprint density at radius 1 is 1.40 bits per heavy atom. The Labute approximate surface area is 154 Å². The molecular weight excluding hydrogens is 336 g/mol. The van der Waals surface area contributed by atoms with Crippen LogP contribution in [0, 0.1) is 5.92 Å². The zero-order chi connectivity index (χ0) is 17.6. The van der Waals surface area contributed by atoms with Gasteiger partial charge in [0.25, 0.3) is 5.91 Å². The molecule has 1 saturated heterocycles. The fraction of sp³-hybridized carbons (Fsp3) is 0.474. The number of carbonyl (C=O) groups is 1. The van der Waals surface area contributed by atoms with E-state index in [9.17, 15) is 4.79 Å². The summed E-state index contributed by atoms with van der Waals surface area (Å²) in [4.78, 5) is 16.7. The molecule has 2 aromatic rings. The number of benzene rings is 1. The standard InChI is InChI=1S/C19H25ClN4O/c1-23(19(25)17-11-21-22-12-17)13-16-3-2-9-24(14-16)10-8-15-4-6-18(20)7-5-15/h4-7,11-12,16H,2-3,8-10,13-14H2,1H3,(H,21,22). The van der Waals surface area contributed by atoms with Crippen molar-refractivity contribution in [2.75, 3.05) is 33.2 Å². The fourth-order valence-corrected chi connectivity index (χ4v) is 3.63. The van der Waals surface area contributed by atoms with E-state index in [0.717, 1.165) is 37.6 Å². The zero-order valence-electron chi connectivity index (χ0n) is 14.6. The molecule has 6 heteroatoms. The number of H-pyrrole nitrogens is 1. The van der Waals surface area contributed by atoms with Gasteiger partial charge in [0.05, 0.1) is 11.8 Å². The van der Waals surface area contributed by atoms with Crippen LogP contribution in [0.1, 0.15) is 28.8 Å². The molecule has 1 unspecified atom stereocenters. The Balaban J connectivity index is 1.47. The van der Waals surface area contributed by atoms with Crippen LogP contribution in [0.5, 0.6) is 0 Å². The SMILES string of the molecule is CN(CC1CCCN(CCc2ccc(Cl)cc2)C1)C(=O)c1cn[nH]c1. The summed E-state index contributed by atoms with van der Waals surface area (Å²) in [6.45, 7) is 4.04. The van der Waals surface area contributed by atoms with Gasteiger partial charge >= 0.3 is 0 Å². The van der Waals surface area contributed by atoms with Crippen LogP contribution in [0.25, 0.3) is 0 Å². The third-order valence-corrected chi connectivity index (χ3v) is 5.11. The van der Waals surface area contributed by atoms with Gasteiger partial charge in [0, 0.05) is 37.9 Å². The quantitative estimate of drug-likeness (QED) is 0.861. The number of hydrogen-bond acceptors (Lipinski definition) is 3. The molecule has 1 aliphatic rings. The second-order valence-electron chi connectivity index (χ2n) is 6.86. The van der Waals surface area contributed by atoms with Gasteiger partial charge < -0.3 is 9.80 Å². The third-order valence-electron chi connectivity index (χ3n) is 4.86. The minimum atomic E-state index is 0.0343. The maximum atomic E-state index is 12.3. The number of likely N-dealkylation sites (tertiary alicyclic amines) is 1. The van der Waals surface area contributed by atoms with Gasteiger partial charge in [-0.2, -0.15) is 5.10 Å². The molecule has 1 atom stereocenters. The molecular formula is C19H25ClN4O. The van der Waals surface area contributed by atoms with E-state index >= 15 is 0 Å². The van der Waals surface area contributed by atoms with Crippen molar-refractivity contribution in [3.05, 3.63) is 52.8 Å². The predicted octanol–water partition coefficient (Wildman–Crippen LogP) is 3.09. The number of nitrogens with zero attached hydrogens (tertiary/aromatic N) is 3.